The molecule has 2 aliphatic carbocycles. The van der Waals surface area contributed by atoms with Gasteiger partial charge in [0, 0.05) is 10.8 Å². The lowest BCUT2D eigenvalue weighted by atomic mass is 9.50. The quantitative estimate of drug-likeness (QED) is 0.472. The zero-order valence-electron chi connectivity index (χ0n) is 17.4. The van der Waals surface area contributed by atoms with Crippen LogP contribution in [0.1, 0.15) is 46.6 Å². The van der Waals surface area contributed by atoms with Gasteiger partial charge >= 0.3 is 0 Å². The predicted molar refractivity (Wildman–Crippen MR) is 116 cm³/mol. The molecule has 0 unspecified atom stereocenters. The summed E-state index contributed by atoms with van der Waals surface area (Å²) in [6.07, 6.45) is 14.6. The molecular formula is C26H34O. The van der Waals surface area contributed by atoms with Gasteiger partial charge in [0.05, 0.1) is 6.61 Å². The zero-order valence-corrected chi connectivity index (χ0v) is 17.4. The molecule has 27 heavy (non-hydrogen) atoms. The summed E-state index contributed by atoms with van der Waals surface area (Å²) in [5.41, 5.74) is 3.83. The third-order valence-corrected chi connectivity index (χ3v) is 7.15. The van der Waals surface area contributed by atoms with Crippen LogP contribution in [0.4, 0.5) is 0 Å². The topological polar surface area (TPSA) is 20.2 Å². The minimum atomic E-state index is -0.194. The maximum Gasteiger partial charge on any atom is 0.0502 e. The standard InChI is InChI=1S/C26H34O/c1-6-22-16-19(2)23-20(3)17-25(4,26(5,18-27)24(22)23)15-11-10-14-21-12-8-7-9-13-21/h7-17,19,23-24,27H,6,18H2,1-5H3/b14-10+,15-11+/t19-,23-,24+,25+,26-/m1/s1. The SMILES string of the molecule is CCC1=C[C@@H](C)[C@@H]2C(C)=C[C@](C)(/C=C/C=C/c3ccccc3)[C@](C)(CO)[C@@H]12. The number of hydrogen-bond donors (Lipinski definition) is 1. The second kappa shape index (κ2) is 7.64. The lowest BCUT2D eigenvalue weighted by Crippen LogP contribution is -2.50. The summed E-state index contributed by atoms with van der Waals surface area (Å²) in [6.45, 7) is 11.6. The van der Waals surface area contributed by atoms with E-state index in [0.717, 1.165) is 6.42 Å². The Morgan fingerprint density at radius 2 is 1.81 bits per heavy atom. The van der Waals surface area contributed by atoms with Crippen LogP contribution in [0.5, 0.6) is 0 Å². The van der Waals surface area contributed by atoms with Gasteiger partial charge in [-0.3, -0.25) is 0 Å². The molecule has 0 amide bonds. The molecule has 0 heterocycles. The van der Waals surface area contributed by atoms with E-state index in [1.165, 1.54) is 16.7 Å². The highest BCUT2D eigenvalue weighted by Gasteiger charge is 2.56. The van der Waals surface area contributed by atoms with E-state index >= 15 is 0 Å². The summed E-state index contributed by atoms with van der Waals surface area (Å²) >= 11 is 0. The van der Waals surface area contributed by atoms with Crippen molar-refractivity contribution in [3.63, 3.8) is 0 Å². The number of hydrogen-bond acceptors (Lipinski definition) is 1. The Bertz CT molecular complexity index is 782. The summed E-state index contributed by atoms with van der Waals surface area (Å²) in [7, 11) is 0. The summed E-state index contributed by atoms with van der Waals surface area (Å²) in [6, 6.07) is 10.4. The molecule has 0 aromatic heterocycles. The van der Waals surface area contributed by atoms with Crippen molar-refractivity contribution < 1.29 is 5.11 Å². The van der Waals surface area contributed by atoms with Crippen molar-refractivity contribution in [1.82, 2.24) is 0 Å². The van der Waals surface area contributed by atoms with Crippen molar-refractivity contribution in [2.45, 2.75) is 41.0 Å². The molecule has 0 radical (unpaired) electrons. The van der Waals surface area contributed by atoms with Gasteiger partial charge < -0.3 is 5.11 Å². The van der Waals surface area contributed by atoms with Gasteiger partial charge in [0.25, 0.3) is 0 Å². The number of fused-ring (bicyclic) bond motifs is 1. The molecule has 0 saturated carbocycles. The van der Waals surface area contributed by atoms with Crippen LogP contribution >= 0.6 is 0 Å². The monoisotopic (exact) mass is 362 g/mol. The van der Waals surface area contributed by atoms with Crippen molar-refractivity contribution in [2.75, 3.05) is 6.61 Å². The van der Waals surface area contributed by atoms with Crippen molar-refractivity contribution >= 4 is 6.08 Å². The number of allylic oxidation sites excluding steroid dienone is 7. The molecular weight excluding hydrogens is 328 g/mol. The van der Waals surface area contributed by atoms with Crippen LogP contribution in [0.25, 0.3) is 6.08 Å². The van der Waals surface area contributed by atoms with E-state index in [4.69, 9.17) is 0 Å². The Labute approximate surface area is 165 Å². The molecule has 2 aliphatic rings. The van der Waals surface area contributed by atoms with Crippen LogP contribution in [0.3, 0.4) is 0 Å². The third kappa shape index (κ3) is 3.38. The van der Waals surface area contributed by atoms with Crippen molar-refractivity contribution in [3.8, 4) is 0 Å². The summed E-state index contributed by atoms with van der Waals surface area (Å²) in [4.78, 5) is 0. The van der Waals surface area contributed by atoms with Crippen molar-refractivity contribution in [1.29, 1.82) is 0 Å². The van der Waals surface area contributed by atoms with Crippen LogP contribution in [0, 0.1) is 28.6 Å². The van der Waals surface area contributed by atoms with Crippen molar-refractivity contribution in [2.24, 2.45) is 28.6 Å². The zero-order chi connectivity index (χ0) is 19.7. The molecule has 0 aliphatic heterocycles. The fraction of sp³-hybridized carbons (Fsp3) is 0.462. The number of rotatable bonds is 5. The van der Waals surface area contributed by atoms with Gasteiger partial charge in [0.1, 0.15) is 0 Å². The lowest BCUT2D eigenvalue weighted by molar-refractivity contribution is -0.00699. The second-order valence-electron chi connectivity index (χ2n) is 8.83. The van der Waals surface area contributed by atoms with Gasteiger partial charge in [-0.2, -0.15) is 0 Å². The Balaban J connectivity index is 1.95. The second-order valence-corrected chi connectivity index (χ2v) is 8.83. The highest BCUT2D eigenvalue weighted by Crippen LogP contribution is 2.61. The van der Waals surface area contributed by atoms with E-state index < -0.39 is 0 Å². The first-order chi connectivity index (χ1) is 12.9. The first kappa shape index (κ1) is 19.9. The molecule has 1 heteroatoms. The summed E-state index contributed by atoms with van der Waals surface area (Å²) in [5.74, 6) is 1.50. The first-order valence-electron chi connectivity index (χ1n) is 10.3. The Kier molecular flexibility index (Phi) is 5.63. The fourth-order valence-corrected chi connectivity index (χ4v) is 5.46. The smallest absolute Gasteiger partial charge is 0.0502 e. The van der Waals surface area contributed by atoms with E-state index in [1.807, 2.05) is 6.07 Å². The van der Waals surface area contributed by atoms with Crippen LogP contribution in [0.2, 0.25) is 0 Å². The molecule has 3 rings (SSSR count). The van der Waals surface area contributed by atoms with E-state index in [1.54, 1.807) is 0 Å². The predicted octanol–water partition coefficient (Wildman–Crippen LogP) is 6.44. The number of benzene rings is 1. The Hall–Kier alpha value is -1.86. The van der Waals surface area contributed by atoms with E-state index in [2.05, 4.69) is 95.3 Å². The van der Waals surface area contributed by atoms with Gasteiger partial charge in [-0.05, 0) is 36.7 Å². The minimum Gasteiger partial charge on any atom is -0.396 e. The normalized spacial score (nSPS) is 36.1. The summed E-state index contributed by atoms with van der Waals surface area (Å²) in [5, 5.41) is 10.5. The van der Waals surface area contributed by atoms with Crippen LogP contribution in [-0.4, -0.2) is 11.7 Å². The van der Waals surface area contributed by atoms with E-state index in [0.29, 0.717) is 17.8 Å². The first-order valence-corrected chi connectivity index (χ1v) is 10.3. The fourth-order valence-electron chi connectivity index (χ4n) is 5.46. The van der Waals surface area contributed by atoms with Gasteiger partial charge in [0.15, 0.2) is 0 Å². The molecule has 5 atom stereocenters. The Morgan fingerprint density at radius 1 is 1.11 bits per heavy atom. The molecule has 1 aromatic carbocycles. The highest BCUT2D eigenvalue weighted by atomic mass is 16.3. The molecule has 0 fully saturated rings. The van der Waals surface area contributed by atoms with Gasteiger partial charge in [0.2, 0.25) is 0 Å². The van der Waals surface area contributed by atoms with E-state index in [9.17, 15) is 5.11 Å². The van der Waals surface area contributed by atoms with Crippen LogP contribution < -0.4 is 0 Å². The molecule has 144 valence electrons. The lowest BCUT2D eigenvalue weighted by Gasteiger charge is -2.54. The largest absolute Gasteiger partial charge is 0.396 e. The number of aliphatic hydroxyl groups is 1. The van der Waals surface area contributed by atoms with Gasteiger partial charge in [-0.15, -0.1) is 0 Å². The minimum absolute atomic E-state index is 0.174. The summed E-state index contributed by atoms with van der Waals surface area (Å²) < 4.78 is 0. The third-order valence-electron chi connectivity index (χ3n) is 7.15. The van der Waals surface area contributed by atoms with Crippen LogP contribution in [-0.2, 0) is 0 Å². The van der Waals surface area contributed by atoms with Gasteiger partial charge in [-0.25, -0.2) is 0 Å². The molecule has 1 N–H and O–H groups in total. The molecule has 1 aromatic rings. The average Bonchev–Trinajstić information content (AvgIpc) is 3.02. The van der Waals surface area contributed by atoms with Gasteiger partial charge in [-0.1, -0.05) is 106 Å². The number of aliphatic hydroxyl groups excluding tert-OH is 1. The maximum absolute atomic E-state index is 10.5. The molecule has 0 saturated heterocycles. The maximum atomic E-state index is 10.5. The highest BCUT2D eigenvalue weighted by molar-refractivity contribution is 5.51. The van der Waals surface area contributed by atoms with Crippen molar-refractivity contribution in [3.05, 3.63) is 77.4 Å². The Morgan fingerprint density at radius 3 is 2.44 bits per heavy atom. The molecule has 0 spiro atoms. The average molecular weight is 363 g/mol. The molecule has 0 bridgehead atoms. The molecule has 1 nitrogen and oxygen atoms in total. The van der Waals surface area contributed by atoms with E-state index in [-0.39, 0.29) is 17.4 Å². The van der Waals surface area contributed by atoms with Crippen LogP contribution in [0.15, 0.2) is 71.9 Å².